The van der Waals surface area contributed by atoms with Crippen molar-refractivity contribution in [3.8, 4) is 6.07 Å². The molecule has 1 aromatic carbocycles. The summed E-state index contributed by atoms with van der Waals surface area (Å²) in [6.07, 6.45) is 1.43. The first-order valence-electron chi connectivity index (χ1n) is 5.46. The molecule has 0 aliphatic heterocycles. The zero-order valence-electron chi connectivity index (χ0n) is 10.0. The molecule has 0 aliphatic carbocycles. The van der Waals surface area contributed by atoms with Crippen LogP contribution >= 0.6 is 23.2 Å². The fourth-order valence-corrected chi connectivity index (χ4v) is 3.83. The minimum absolute atomic E-state index is 0.0561. The van der Waals surface area contributed by atoms with Gasteiger partial charge in [0.15, 0.2) is 9.84 Å². The maximum absolute atomic E-state index is 12.4. The van der Waals surface area contributed by atoms with Crippen molar-refractivity contribution in [2.24, 2.45) is 0 Å². The van der Waals surface area contributed by atoms with Gasteiger partial charge in [-0.3, -0.25) is 0 Å². The van der Waals surface area contributed by atoms with Gasteiger partial charge in [-0.05, 0) is 24.3 Å². The van der Waals surface area contributed by atoms with Gasteiger partial charge < -0.3 is 0 Å². The summed E-state index contributed by atoms with van der Waals surface area (Å²) < 4.78 is 24.7. The van der Waals surface area contributed by atoms with Crippen molar-refractivity contribution in [1.82, 2.24) is 4.98 Å². The third-order valence-corrected chi connectivity index (χ3v) is 4.95. The van der Waals surface area contributed by atoms with Crippen molar-refractivity contribution in [3.63, 3.8) is 0 Å². The number of sulfone groups is 1. The molecule has 1 aromatic heterocycles. The van der Waals surface area contributed by atoms with Crippen molar-refractivity contribution in [3.05, 3.63) is 57.8 Å². The molecule has 1 heterocycles. The summed E-state index contributed by atoms with van der Waals surface area (Å²) >= 11 is 11.7. The second-order valence-electron chi connectivity index (χ2n) is 3.96. The second-order valence-corrected chi connectivity index (χ2v) is 6.76. The molecule has 7 heteroatoms. The van der Waals surface area contributed by atoms with Crippen LogP contribution < -0.4 is 0 Å². The highest BCUT2D eigenvalue weighted by Crippen LogP contribution is 2.28. The zero-order chi connectivity index (χ0) is 14.8. The van der Waals surface area contributed by atoms with Gasteiger partial charge in [0.25, 0.3) is 0 Å². The molecule has 0 aliphatic rings. The van der Waals surface area contributed by atoms with E-state index in [9.17, 15) is 8.42 Å². The van der Waals surface area contributed by atoms with E-state index in [0.717, 1.165) is 0 Å². The predicted octanol–water partition coefficient (Wildman–Crippen LogP) is 3.23. The molecular formula is C13H8Cl2N2O2S. The molecule has 0 radical (unpaired) electrons. The quantitative estimate of drug-likeness (QED) is 0.868. The molecule has 0 bridgehead atoms. The Balaban J connectivity index is 2.47. The molecule has 0 atom stereocenters. The molecule has 2 rings (SSSR count). The summed E-state index contributed by atoms with van der Waals surface area (Å²) in [4.78, 5) is 3.77. The predicted molar refractivity (Wildman–Crippen MR) is 76.3 cm³/mol. The summed E-state index contributed by atoms with van der Waals surface area (Å²) in [7, 11) is -3.71. The van der Waals surface area contributed by atoms with Gasteiger partial charge in [-0.2, -0.15) is 5.26 Å². The van der Waals surface area contributed by atoms with E-state index in [1.807, 2.05) is 6.07 Å². The van der Waals surface area contributed by atoms with Gasteiger partial charge in [-0.25, -0.2) is 13.4 Å². The Morgan fingerprint density at radius 2 is 2.00 bits per heavy atom. The van der Waals surface area contributed by atoms with Crippen molar-refractivity contribution in [1.29, 1.82) is 5.26 Å². The number of pyridine rings is 1. The van der Waals surface area contributed by atoms with Crippen molar-refractivity contribution >= 4 is 33.0 Å². The van der Waals surface area contributed by atoms with Gasteiger partial charge >= 0.3 is 0 Å². The summed E-state index contributed by atoms with van der Waals surface area (Å²) in [5.74, 6) is -0.357. The van der Waals surface area contributed by atoms with E-state index in [-0.39, 0.29) is 26.4 Å². The molecule has 0 spiro atoms. The van der Waals surface area contributed by atoms with Crippen molar-refractivity contribution in [2.75, 3.05) is 0 Å². The SMILES string of the molecule is N#Cc1ncccc1CS(=O)(=O)c1cc(Cl)ccc1Cl. The Morgan fingerprint density at radius 1 is 1.25 bits per heavy atom. The lowest BCUT2D eigenvalue weighted by molar-refractivity contribution is 0.595. The minimum atomic E-state index is -3.71. The maximum atomic E-state index is 12.4. The molecule has 0 amide bonds. The van der Waals surface area contributed by atoms with Crippen LogP contribution in [0.2, 0.25) is 10.0 Å². The molecule has 20 heavy (non-hydrogen) atoms. The topological polar surface area (TPSA) is 70.8 Å². The van der Waals surface area contributed by atoms with Gasteiger partial charge in [0.2, 0.25) is 0 Å². The Kier molecular flexibility index (Phi) is 4.29. The largest absolute Gasteiger partial charge is 0.245 e. The maximum Gasteiger partial charge on any atom is 0.184 e. The highest BCUT2D eigenvalue weighted by molar-refractivity contribution is 7.90. The van der Waals surface area contributed by atoms with E-state index in [0.29, 0.717) is 5.56 Å². The highest BCUT2D eigenvalue weighted by atomic mass is 35.5. The Hall–Kier alpha value is -1.61. The lowest BCUT2D eigenvalue weighted by Crippen LogP contribution is -2.07. The number of hydrogen-bond acceptors (Lipinski definition) is 4. The van der Waals surface area contributed by atoms with Crippen LogP contribution in [0.4, 0.5) is 0 Å². The highest BCUT2D eigenvalue weighted by Gasteiger charge is 2.21. The van der Waals surface area contributed by atoms with Crippen LogP contribution in [0.3, 0.4) is 0 Å². The number of rotatable bonds is 3. The van der Waals surface area contributed by atoms with Gasteiger partial charge in [0, 0.05) is 16.8 Å². The van der Waals surface area contributed by atoms with Crippen molar-refractivity contribution < 1.29 is 8.42 Å². The van der Waals surface area contributed by atoms with Crippen LogP contribution in [-0.4, -0.2) is 13.4 Å². The Morgan fingerprint density at radius 3 is 2.70 bits per heavy atom. The lowest BCUT2D eigenvalue weighted by atomic mass is 10.2. The summed E-state index contributed by atoms with van der Waals surface area (Å²) in [5, 5.41) is 9.30. The van der Waals surface area contributed by atoms with E-state index < -0.39 is 9.84 Å². The summed E-state index contributed by atoms with van der Waals surface area (Å²) in [5.41, 5.74) is 0.403. The summed E-state index contributed by atoms with van der Waals surface area (Å²) in [6.45, 7) is 0. The average Bonchev–Trinajstić information content (AvgIpc) is 2.41. The Bertz CT molecular complexity index is 798. The molecule has 0 saturated carbocycles. The minimum Gasteiger partial charge on any atom is -0.245 e. The Labute approximate surface area is 126 Å². The van der Waals surface area contributed by atoms with Crippen LogP contribution in [0.5, 0.6) is 0 Å². The van der Waals surface area contributed by atoms with Gasteiger partial charge in [0.05, 0.1) is 15.7 Å². The van der Waals surface area contributed by atoms with E-state index in [1.165, 1.54) is 24.4 Å². The van der Waals surface area contributed by atoms with Crippen LogP contribution in [0.1, 0.15) is 11.3 Å². The normalized spacial score (nSPS) is 11.1. The van der Waals surface area contributed by atoms with E-state index in [2.05, 4.69) is 4.98 Å². The first kappa shape index (κ1) is 14.8. The van der Waals surface area contributed by atoms with Crippen LogP contribution in [-0.2, 0) is 15.6 Å². The second kappa shape index (κ2) is 5.80. The third kappa shape index (κ3) is 3.10. The number of aromatic nitrogens is 1. The molecule has 0 N–H and O–H groups in total. The third-order valence-electron chi connectivity index (χ3n) is 2.57. The smallest absolute Gasteiger partial charge is 0.184 e. The average molecular weight is 327 g/mol. The summed E-state index contributed by atoms with van der Waals surface area (Å²) in [6, 6.07) is 9.20. The molecule has 4 nitrogen and oxygen atoms in total. The molecule has 2 aromatic rings. The van der Waals surface area contributed by atoms with Gasteiger partial charge in [-0.1, -0.05) is 29.3 Å². The van der Waals surface area contributed by atoms with E-state index in [1.54, 1.807) is 12.1 Å². The van der Waals surface area contributed by atoms with E-state index >= 15 is 0 Å². The first-order valence-corrected chi connectivity index (χ1v) is 7.86. The molecular weight excluding hydrogens is 319 g/mol. The van der Waals surface area contributed by atoms with Crippen LogP contribution in [0, 0.1) is 11.3 Å². The van der Waals surface area contributed by atoms with E-state index in [4.69, 9.17) is 28.5 Å². The molecule has 0 saturated heterocycles. The standard InChI is InChI=1S/C13H8Cl2N2O2S/c14-10-3-4-11(15)13(6-10)20(18,19)8-9-2-1-5-17-12(9)7-16/h1-6H,8H2. The number of nitriles is 1. The zero-order valence-corrected chi connectivity index (χ0v) is 12.4. The molecule has 0 fully saturated rings. The van der Waals surface area contributed by atoms with Crippen LogP contribution in [0.15, 0.2) is 41.4 Å². The molecule has 102 valence electrons. The fraction of sp³-hybridized carbons (Fsp3) is 0.0769. The first-order chi connectivity index (χ1) is 9.44. The number of nitrogens with zero attached hydrogens (tertiary/aromatic N) is 2. The number of halogens is 2. The van der Waals surface area contributed by atoms with Crippen molar-refractivity contribution in [2.45, 2.75) is 10.6 Å². The molecule has 0 unspecified atom stereocenters. The van der Waals surface area contributed by atoms with Crippen LogP contribution in [0.25, 0.3) is 0 Å². The number of benzene rings is 1. The van der Waals surface area contributed by atoms with Gasteiger partial charge in [0.1, 0.15) is 11.8 Å². The van der Waals surface area contributed by atoms with Gasteiger partial charge in [-0.15, -0.1) is 0 Å². The monoisotopic (exact) mass is 326 g/mol. The lowest BCUT2D eigenvalue weighted by Gasteiger charge is -2.08. The fourth-order valence-electron chi connectivity index (χ4n) is 1.65. The number of hydrogen-bond donors (Lipinski definition) is 0.